The monoisotopic (exact) mass is 460 g/mol. The molecule has 2 aromatic rings. The average molecular weight is 461 g/mol. The third-order valence-corrected chi connectivity index (χ3v) is 6.97. The van der Waals surface area contributed by atoms with Gasteiger partial charge in [-0.3, -0.25) is 9.59 Å². The lowest BCUT2D eigenvalue weighted by Crippen LogP contribution is -2.48. The standard InChI is InChI=1S/C24H29FN2O4S/c1-30-13-2-11-26(24(29)17-3-4-17)15-23(28)27-12-9-22-20(10-14-32-22)21(27)16-31-19-7-5-18(25)6-8-19/h5-8,10,14,17,21H,2-4,9,11-13,15-16H2,1H3/t21-/m0/s1. The molecule has 0 radical (unpaired) electrons. The number of amides is 2. The van der Waals surface area contributed by atoms with Crippen molar-refractivity contribution in [2.45, 2.75) is 31.7 Å². The van der Waals surface area contributed by atoms with Gasteiger partial charge in [-0.2, -0.15) is 0 Å². The Hall–Kier alpha value is -2.45. The van der Waals surface area contributed by atoms with Gasteiger partial charge in [0.25, 0.3) is 0 Å². The lowest BCUT2D eigenvalue weighted by Gasteiger charge is -2.37. The first-order valence-electron chi connectivity index (χ1n) is 11.1. The smallest absolute Gasteiger partial charge is 0.242 e. The molecule has 32 heavy (non-hydrogen) atoms. The second kappa shape index (κ2) is 10.4. The number of fused-ring (bicyclic) bond motifs is 1. The number of methoxy groups -OCH3 is 1. The maximum Gasteiger partial charge on any atom is 0.242 e. The first-order chi connectivity index (χ1) is 15.6. The van der Waals surface area contributed by atoms with Crippen LogP contribution in [0.5, 0.6) is 5.75 Å². The SMILES string of the molecule is COCCCN(CC(=O)N1CCc2sccc2[C@@H]1COc1ccc(F)cc1)C(=O)C1CC1. The molecule has 172 valence electrons. The van der Waals surface area contributed by atoms with Gasteiger partial charge >= 0.3 is 0 Å². The van der Waals surface area contributed by atoms with Gasteiger partial charge in [-0.15, -0.1) is 11.3 Å². The van der Waals surface area contributed by atoms with E-state index in [9.17, 15) is 14.0 Å². The first kappa shape index (κ1) is 22.7. The summed E-state index contributed by atoms with van der Waals surface area (Å²) in [5.41, 5.74) is 1.09. The molecule has 1 saturated carbocycles. The van der Waals surface area contributed by atoms with E-state index >= 15 is 0 Å². The Balaban J connectivity index is 1.46. The van der Waals surface area contributed by atoms with E-state index in [0.29, 0.717) is 31.9 Å². The number of carbonyl (C=O) groups excluding carboxylic acids is 2. The van der Waals surface area contributed by atoms with Crippen LogP contribution in [0.1, 0.15) is 35.7 Å². The molecule has 1 aromatic carbocycles. The van der Waals surface area contributed by atoms with E-state index in [-0.39, 0.29) is 42.7 Å². The van der Waals surface area contributed by atoms with Gasteiger partial charge in [-0.05, 0) is 67.0 Å². The normalized spacial score (nSPS) is 17.7. The van der Waals surface area contributed by atoms with Crippen molar-refractivity contribution in [3.63, 3.8) is 0 Å². The predicted octanol–water partition coefficient (Wildman–Crippen LogP) is 3.67. The van der Waals surface area contributed by atoms with E-state index in [1.165, 1.54) is 17.0 Å². The third-order valence-electron chi connectivity index (χ3n) is 5.98. The molecule has 0 unspecified atom stereocenters. The molecule has 0 bridgehead atoms. The molecule has 1 fully saturated rings. The highest BCUT2D eigenvalue weighted by Crippen LogP contribution is 2.35. The highest BCUT2D eigenvalue weighted by atomic mass is 32.1. The average Bonchev–Trinajstić information content (AvgIpc) is 3.54. The van der Waals surface area contributed by atoms with Crippen molar-refractivity contribution in [3.05, 3.63) is 52.0 Å². The summed E-state index contributed by atoms with van der Waals surface area (Å²) in [6.07, 6.45) is 3.31. The van der Waals surface area contributed by atoms with Gasteiger partial charge in [0.1, 0.15) is 18.2 Å². The van der Waals surface area contributed by atoms with Crippen LogP contribution in [0, 0.1) is 11.7 Å². The molecule has 1 aromatic heterocycles. The third kappa shape index (κ3) is 5.48. The number of rotatable bonds is 10. The second-order valence-electron chi connectivity index (χ2n) is 8.30. The van der Waals surface area contributed by atoms with E-state index in [0.717, 1.165) is 24.8 Å². The highest BCUT2D eigenvalue weighted by molar-refractivity contribution is 7.10. The van der Waals surface area contributed by atoms with Crippen LogP contribution < -0.4 is 4.74 Å². The molecule has 1 atom stereocenters. The van der Waals surface area contributed by atoms with Crippen LogP contribution in [-0.4, -0.2) is 61.6 Å². The number of nitrogens with zero attached hydrogens (tertiary/aromatic N) is 2. The highest BCUT2D eigenvalue weighted by Gasteiger charge is 2.37. The minimum absolute atomic E-state index is 0.0628. The van der Waals surface area contributed by atoms with Gasteiger partial charge in [0, 0.05) is 37.6 Å². The fourth-order valence-electron chi connectivity index (χ4n) is 4.09. The number of benzene rings is 1. The van der Waals surface area contributed by atoms with Gasteiger partial charge in [0.05, 0.1) is 12.6 Å². The number of carbonyl (C=O) groups is 2. The second-order valence-corrected chi connectivity index (χ2v) is 9.30. The zero-order valence-corrected chi connectivity index (χ0v) is 19.1. The van der Waals surface area contributed by atoms with Crippen molar-refractivity contribution in [2.24, 2.45) is 5.92 Å². The van der Waals surface area contributed by atoms with Gasteiger partial charge in [-0.25, -0.2) is 4.39 Å². The van der Waals surface area contributed by atoms with Gasteiger partial charge in [-0.1, -0.05) is 0 Å². The van der Waals surface area contributed by atoms with E-state index in [1.807, 2.05) is 16.3 Å². The predicted molar refractivity (Wildman–Crippen MR) is 120 cm³/mol. The fourth-order valence-corrected chi connectivity index (χ4v) is 5.02. The molecule has 1 aliphatic carbocycles. The summed E-state index contributed by atoms with van der Waals surface area (Å²) in [5.74, 6) is 0.308. The summed E-state index contributed by atoms with van der Waals surface area (Å²) in [5, 5.41) is 2.04. The van der Waals surface area contributed by atoms with E-state index in [2.05, 4.69) is 0 Å². The minimum atomic E-state index is -0.319. The summed E-state index contributed by atoms with van der Waals surface area (Å²) in [4.78, 5) is 30.9. The molecule has 4 rings (SSSR count). The minimum Gasteiger partial charge on any atom is -0.491 e. The van der Waals surface area contributed by atoms with E-state index in [1.54, 1.807) is 35.5 Å². The van der Waals surface area contributed by atoms with E-state index < -0.39 is 0 Å². The zero-order chi connectivity index (χ0) is 22.5. The first-order valence-corrected chi connectivity index (χ1v) is 12.0. The van der Waals surface area contributed by atoms with Crippen LogP contribution in [0.2, 0.25) is 0 Å². The van der Waals surface area contributed by atoms with Crippen LogP contribution in [-0.2, 0) is 20.7 Å². The molecule has 0 spiro atoms. The van der Waals surface area contributed by atoms with Crippen LogP contribution >= 0.6 is 11.3 Å². The van der Waals surface area contributed by atoms with Crippen molar-refractivity contribution in [1.82, 2.24) is 9.80 Å². The summed E-state index contributed by atoms with van der Waals surface area (Å²) < 4.78 is 24.3. The molecule has 1 aliphatic heterocycles. The number of thiophene rings is 1. The van der Waals surface area contributed by atoms with Crippen LogP contribution in [0.25, 0.3) is 0 Å². The van der Waals surface area contributed by atoms with Gasteiger partial charge in [0.15, 0.2) is 0 Å². The molecule has 0 N–H and O–H groups in total. The maximum atomic E-state index is 13.4. The molecule has 2 heterocycles. The quantitative estimate of drug-likeness (QED) is 0.508. The largest absolute Gasteiger partial charge is 0.491 e. The van der Waals surface area contributed by atoms with Crippen molar-refractivity contribution >= 4 is 23.2 Å². The Morgan fingerprint density at radius 1 is 1.22 bits per heavy atom. The van der Waals surface area contributed by atoms with Crippen LogP contribution in [0.4, 0.5) is 4.39 Å². The Labute approximate surface area is 191 Å². The summed E-state index contributed by atoms with van der Waals surface area (Å²) in [7, 11) is 1.64. The van der Waals surface area contributed by atoms with Crippen molar-refractivity contribution in [3.8, 4) is 5.75 Å². The van der Waals surface area contributed by atoms with Crippen molar-refractivity contribution in [1.29, 1.82) is 0 Å². The summed E-state index contributed by atoms with van der Waals surface area (Å²) in [6.45, 7) is 2.02. The topological polar surface area (TPSA) is 59.1 Å². The maximum absolute atomic E-state index is 13.4. The number of ether oxygens (including phenoxy) is 2. The molecule has 2 aliphatic rings. The lowest BCUT2D eigenvalue weighted by molar-refractivity contribution is -0.143. The fraction of sp³-hybridized carbons (Fsp3) is 0.500. The lowest BCUT2D eigenvalue weighted by atomic mass is 10.0. The Morgan fingerprint density at radius 3 is 2.72 bits per heavy atom. The Morgan fingerprint density at radius 2 is 2.00 bits per heavy atom. The molecule has 0 saturated heterocycles. The van der Waals surface area contributed by atoms with Crippen LogP contribution in [0.15, 0.2) is 35.7 Å². The zero-order valence-electron chi connectivity index (χ0n) is 18.3. The van der Waals surface area contributed by atoms with Gasteiger partial charge in [0.2, 0.25) is 11.8 Å². The molecular weight excluding hydrogens is 431 g/mol. The Bertz CT molecular complexity index is 928. The molecule has 8 heteroatoms. The van der Waals surface area contributed by atoms with Crippen molar-refractivity contribution in [2.75, 3.05) is 40.0 Å². The number of hydrogen-bond acceptors (Lipinski definition) is 5. The van der Waals surface area contributed by atoms with E-state index in [4.69, 9.17) is 9.47 Å². The van der Waals surface area contributed by atoms with Crippen molar-refractivity contribution < 1.29 is 23.5 Å². The summed E-state index contributed by atoms with van der Waals surface area (Å²) in [6, 6.07) is 7.70. The molecule has 2 amide bonds. The van der Waals surface area contributed by atoms with Gasteiger partial charge < -0.3 is 19.3 Å². The Kier molecular flexibility index (Phi) is 7.42. The van der Waals surface area contributed by atoms with Crippen LogP contribution in [0.3, 0.4) is 0 Å². The number of halogens is 1. The molecular formula is C24H29FN2O4S. The number of hydrogen-bond donors (Lipinski definition) is 0. The summed E-state index contributed by atoms with van der Waals surface area (Å²) >= 11 is 1.69. The molecule has 6 nitrogen and oxygen atoms in total.